The lowest BCUT2D eigenvalue weighted by Crippen LogP contribution is -3.15. The molecular weight excluding hydrogens is 379 g/mol. The van der Waals surface area contributed by atoms with Crippen molar-refractivity contribution in [2.24, 2.45) is 0 Å². The van der Waals surface area contributed by atoms with Crippen LogP contribution in [0.1, 0.15) is 44.6 Å². The van der Waals surface area contributed by atoms with E-state index >= 15 is 0 Å². The van der Waals surface area contributed by atoms with Gasteiger partial charge in [0.1, 0.15) is 5.82 Å². The Morgan fingerprint density at radius 3 is 2.37 bits per heavy atom. The lowest BCUT2D eigenvalue weighted by atomic mass is 9.99. The van der Waals surface area contributed by atoms with Gasteiger partial charge in [-0.25, -0.2) is 9.07 Å². The van der Waals surface area contributed by atoms with Gasteiger partial charge in [0.2, 0.25) is 5.82 Å². The van der Waals surface area contributed by atoms with E-state index in [0.717, 1.165) is 38.4 Å². The van der Waals surface area contributed by atoms with Gasteiger partial charge in [0.25, 0.3) is 0 Å². The topological polar surface area (TPSA) is 51.3 Å². The van der Waals surface area contributed by atoms with E-state index in [9.17, 15) is 4.39 Å². The number of halogens is 1. The van der Waals surface area contributed by atoms with Crippen molar-refractivity contribution in [3.05, 3.63) is 71.8 Å². The summed E-state index contributed by atoms with van der Waals surface area (Å²) >= 11 is 0. The number of aromatic nitrogens is 4. The van der Waals surface area contributed by atoms with E-state index in [-0.39, 0.29) is 17.4 Å². The highest BCUT2D eigenvalue weighted by molar-refractivity contribution is 5.47. The van der Waals surface area contributed by atoms with Gasteiger partial charge in [-0.2, -0.15) is 0 Å². The van der Waals surface area contributed by atoms with E-state index in [1.54, 1.807) is 6.07 Å². The first-order chi connectivity index (χ1) is 14.5. The normalized spacial score (nSPS) is 16.6. The first-order valence-electron chi connectivity index (χ1n) is 10.7. The highest BCUT2D eigenvalue weighted by atomic mass is 19.1. The number of benzene rings is 2. The minimum absolute atomic E-state index is 0.0368. The van der Waals surface area contributed by atoms with Crippen LogP contribution in [0.25, 0.3) is 0 Å². The number of rotatable bonds is 6. The van der Waals surface area contributed by atoms with Crippen molar-refractivity contribution in [3.63, 3.8) is 0 Å². The Kier molecular flexibility index (Phi) is 5.81. The molecule has 1 aliphatic rings. The average molecular weight is 410 g/mol. The first kappa shape index (κ1) is 20.5. The van der Waals surface area contributed by atoms with E-state index in [4.69, 9.17) is 0 Å². The lowest BCUT2D eigenvalue weighted by Gasteiger charge is -2.38. The molecule has 4 rings (SSSR count). The predicted molar refractivity (Wildman–Crippen MR) is 115 cm³/mol. The number of hydrogen-bond donors (Lipinski definition) is 1. The molecule has 2 heterocycles. The zero-order chi connectivity index (χ0) is 21.1. The Bertz CT molecular complexity index is 963. The second kappa shape index (κ2) is 8.52. The minimum atomic E-state index is -0.166. The summed E-state index contributed by atoms with van der Waals surface area (Å²) in [6.07, 6.45) is 0.933. The molecule has 30 heavy (non-hydrogen) atoms. The van der Waals surface area contributed by atoms with Gasteiger partial charge in [0.05, 0.1) is 37.4 Å². The molecule has 1 fully saturated rings. The molecule has 0 saturated carbocycles. The quantitative estimate of drug-likeness (QED) is 0.680. The third-order valence-corrected chi connectivity index (χ3v) is 6.33. The Hall–Kier alpha value is -2.80. The standard InChI is InChI=1S/C23H29FN6/c1-4-23(2,3)30-22(25-26-27-30)21(18-10-6-5-7-11-18)29-16-14-28(15-17-29)20-13-9-8-12-19(20)24/h5-13,21H,4,14-17H2,1-3H3/p+1/t21-/m0/s1. The molecule has 0 bridgehead atoms. The molecule has 2 aromatic carbocycles. The zero-order valence-corrected chi connectivity index (χ0v) is 17.9. The molecule has 158 valence electrons. The van der Waals surface area contributed by atoms with Gasteiger partial charge in [-0.3, -0.25) is 0 Å². The summed E-state index contributed by atoms with van der Waals surface area (Å²) in [6.45, 7) is 9.83. The van der Waals surface area contributed by atoms with Crippen molar-refractivity contribution in [2.45, 2.75) is 38.8 Å². The fourth-order valence-corrected chi connectivity index (χ4v) is 4.20. The molecule has 1 aromatic heterocycles. The van der Waals surface area contributed by atoms with Gasteiger partial charge in [-0.1, -0.05) is 49.4 Å². The Balaban J connectivity index is 1.63. The van der Waals surface area contributed by atoms with Crippen LogP contribution in [0.15, 0.2) is 54.6 Å². The van der Waals surface area contributed by atoms with E-state index in [1.165, 1.54) is 16.5 Å². The molecule has 6 nitrogen and oxygen atoms in total. The maximum Gasteiger partial charge on any atom is 0.214 e. The summed E-state index contributed by atoms with van der Waals surface area (Å²) in [6, 6.07) is 17.5. The van der Waals surface area contributed by atoms with Gasteiger partial charge in [-0.05, 0) is 42.8 Å². The number of para-hydroxylation sites is 1. The average Bonchev–Trinajstić information content (AvgIpc) is 3.26. The summed E-state index contributed by atoms with van der Waals surface area (Å²) in [4.78, 5) is 3.54. The number of piperazine rings is 1. The highest BCUT2D eigenvalue weighted by Gasteiger charge is 2.37. The van der Waals surface area contributed by atoms with Crippen molar-refractivity contribution in [1.29, 1.82) is 0 Å². The predicted octanol–water partition coefficient (Wildman–Crippen LogP) is 2.45. The third-order valence-electron chi connectivity index (χ3n) is 6.33. The summed E-state index contributed by atoms with van der Waals surface area (Å²) in [5.74, 6) is 0.733. The van der Waals surface area contributed by atoms with Crippen LogP contribution in [0.3, 0.4) is 0 Å². The molecular formula is C23H30FN6+. The second-order valence-electron chi connectivity index (χ2n) is 8.56. The molecule has 0 spiro atoms. The SMILES string of the molecule is CCC(C)(C)n1nnnc1[C@H](c1ccccc1)[NH+]1CCN(c2ccccc2F)CC1. The monoisotopic (exact) mass is 409 g/mol. The van der Waals surface area contributed by atoms with Gasteiger partial charge in [0.15, 0.2) is 6.04 Å². The molecule has 7 heteroatoms. The van der Waals surface area contributed by atoms with E-state index in [2.05, 4.69) is 65.5 Å². The molecule has 0 unspecified atom stereocenters. The van der Waals surface area contributed by atoms with Crippen molar-refractivity contribution >= 4 is 5.69 Å². The molecule has 0 radical (unpaired) electrons. The number of anilines is 1. The molecule has 1 aliphatic heterocycles. The summed E-state index contributed by atoms with van der Waals surface area (Å²) in [5, 5.41) is 12.9. The number of hydrogen-bond acceptors (Lipinski definition) is 4. The Morgan fingerprint density at radius 2 is 1.70 bits per heavy atom. The lowest BCUT2D eigenvalue weighted by molar-refractivity contribution is -0.927. The van der Waals surface area contributed by atoms with Crippen LogP contribution < -0.4 is 9.80 Å². The second-order valence-corrected chi connectivity index (χ2v) is 8.56. The third kappa shape index (κ3) is 3.94. The van der Waals surface area contributed by atoms with E-state index < -0.39 is 0 Å². The zero-order valence-electron chi connectivity index (χ0n) is 17.9. The van der Waals surface area contributed by atoms with Crippen molar-refractivity contribution in [3.8, 4) is 0 Å². The van der Waals surface area contributed by atoms with Gasteiger partial charge < -0.3 is 9.80 Å². The number of nitrogens with zero attached hydrogens (tertiary/aromatic N) is 5. The van der Waals surface area contributed by atoms with Crippen LogP contribution >= 0.6 is 0 Å². The summed E-state index contributed by atoms with van der Waals surface area (Å²) in [7, 11) is 0. The number of nitrogens with one attached hydrogen (secondary N) is 1. The van der Waals surface area contributed by atoms with Crippen LogP contribution in [0.2, 0.25) is 0 Å². The molecule has 0 amide bonds. The molecule has 1 N–H and O–H groups in total. The molecule has 0 aliphatic carbocycles. The van der Waals surface area contributed by atoms with E-state index in [0.29, 0.717) is 5.69 Å². The van der Waals surface area contributed by atoms with Crippen LogP contribution in [0, 0.1) is 5.82 Å². The number of tetrazole rings is 1. The van der Waals surface area contributed by atoms with Crippen LogP contribution in [0.5, 0.6) is 0 Å². The van der Waals surface area contributed by atoms with Gasteiger partial charge >= 0.3 is 0 Å². The Morgan fingerprint density at radius 1 is 1.03 bits per heavy atom. The molecule has 3 aromatic rings. The minimum Gasteiger partial charge on any atom is -0.358 e. The molecule has 1 saturated heterocycles. The van der Waals surface area contributed by atoms with Crippen LogP contribution in [-0.2, 0) is 5.54 Å². The Labute approximate surface area is 177 Å². The number of quaternary nitrogens is 1. The first-order valence-corrected chi connectivity index (χ1v) is 10.7. The van der Waals surface area contributed by atoms with Gasteiger partial charge in [-0.15, -0.1) is 5.10 Å². The van der Waals surface area contributed by atoms with Gasteiger partial charge in [0, 0.05) is 5.56 Å². The summed E-state index contributed by atoms with van der Waals surface area (Å²) < 4.78 is 16.2. The molecule has 1 atom stereocenters. The van der Waals surface area contributed by atoms with Crippen molar-refractivity contribution in [2.75, 3.05) is 31.1 Å². The fraction of sp³-hybridized carbons (Fsp3) is 0.435. The van der Waals surface area contributed by atoms with Crippen LogP contribution in [0.4, 0.5) is 10.1 Å². The fourth-order valence-electron chi connectivity index (χ4n) is 4.20. The maximum absolute atomic E-state index is 14.3. The van der Waals surface area contributed by atoms with E-state index in [1.807, 2.05) is 22.9 Å². The smallest absolute Gasteiger partial charge is 0.214 e. The van der Waals surface area contributed by atoms with Crippen molar-refractivity contribution in [1.82, 2.24) is 20.2 Å². The highest BCUT2D eigenvalue weighted by Crippen LogP contribution is 2.25. The van der Waals surface area contributed by atoms with Crippen molar-refractivity contribution < 1.29 is 9.29 Å². The largest absolute Gasteiger partial charge is 0.358 e. The maximum atomic E-state index is 14.3. The summed E-state index contributed by atoms with van der Waals surface area (Å²) in [5.41, 5.74) is 1.72. The van der Waals surface area contributed by atoms with Crippen LogP contribution in [-0.4, -0.2) is 46.4 Å².